The molecule has 0 aliphatic carbocycles. The van der Waals surface area contributed by atoms with Gasteiger partial charge < -0.3 is 15.0 Å². The van der Waals surface area contributed by atoms with E-state index in [-0.39, 0.29) is 24.3 Å². The molecule has 24 heavy (non-hydrogen) atoms. The number of nitrogens with one attached hydrogen (secondary N) is 1. The number of nitrogens with zero attached hydrogens (tertiary/aromatic N) is 1. The van der Waals surface area contributed by atoms with E-state index in [1.54, 1.807) is 23.1 Å². The SMILES string of the molecule is CCCN(CC(=O)Nc1ccc(Cl)cc1Cl)C(=O)C1CCOCC1. The second kappa shape index (κ2) is 9.25. The lowest BCUT2D eigenvalue weighted by atomic mass is 9.98. The number of halogens is 2. The predicted octanol–water partition coefficient (Wildman–Crippen LogP) is 3.60. The molecule has 7 heteroatoms. The molecule has 0 atom stereocenters. The molecule has 1 aromatic rings. The fourth-order valence-electron chi connectivity index (χ4n) is 2.69. The normalized spacial score (nSPS) is 15.1. The molecule has 0 saturated carbocycles. The van der Waals surface area contributed by atoms with Crippen LogP contribution in [0, 0.1) is 5.92 Å². The van der Waals surface area contributed by atoms with E-state index in [4.69, 9.17) is 27.9 Å². The first-order valence-corrected chi connectivity index (χ1v) is 8.88. The molecular weight excluding hydrogens is 351 g/mol. The molecule has 2 amide bonds. The highest BCUT2D eigenvalue weighted by molar-refractivity contribution is 6.36. The Balaban J connectivity index is 1.98. The van der Waals surface area contributed by atoms with Crippen LogP contribution in [0.15, 0.2) is 18.2 Å². The van der Waals surface area contributed by atoms with Crippen LogP contribution in [0.1, 0.15) is 26.2 Å². The van der Waals surface area contributed by atoms with Gasteiger partial charge in [0, 0.05) is 30.7 Å². The Morgan fingerprint density at radius 1 is 1.29 bits per heavy atom. The Morgan fingerprint density at radius 2 is 2.00 bits per heavy atom. The smallest absolute Gasteiger partial charge is 0.244 e. The number of carbonyl (C=O) groups is 2. The van der Waals surface area contributed by atoms with Crippen LogP contribution < -0.4 is 5.32 Å². The number of benzene rings is 1. The standard InChI is InChI=1S/C17H22Cl2N2O3/c1-2-7-21(17(23)12-5-8-24-9-6-12)11-16(22)20-15-4-3-13(18)10-14(15)19/h3-4,10,12H,2,5-9,11H2,1H3,(H,20,22). The number of anilines is 1. The lowest BCUT2D eigenvalue weighted by molar-refractivity contribution is -0.141. The summed E-state index contributed by atoms with van der Waals surface area (Å²) in [6.07, 6.45) is 2.22. The first-order chi connectivity index (χ1) is 11.5. The van der Waals surface area contributed by atoms with Crippen LogP contribution in [0.2, 0.25) is 10.0 Å². The average Bonchev–Trinajstić information content (AvgIpc) is 2.57. The fourth-order valence-corrected chi connectivity index (χ4v) is 3.15. The molecule has 1 saturated heterocycles. The van der Waals surface area contributed by atoms with Gasteiger partial charge in [-0.3, -0.25) is 9.59 Å². The van der Waals surface area contributed by atoms with E-state index in [0.717, 1.165) is 6.42 Å². The fraction of sp³-hybridized carbons (Fsp3) is 0.529. The zero-order valence-electron chi connectivity index (χ0n) is 13.7. The first kappa shape index (κ1) is 19.0. The third-order valence-corrected chi connectivity index (χ3v) is 4.46. The van der Waals surface area contributed by atoms with Gasteiger partial charge >= 0.3 is 0 Å². The minimum Gasteiger partial charge on any atom is -0.381 e. The highest BCUT2D eigenvalue weighted by Crippen LogP contribution is 2.25. The predicted molar refractivity (Wildman–Crippen MR) is 95.5 cm³/mol. The summed E-state index contributed by atoms with van der Waals surface area (Å²) in [5, 5.41) is 3.61. The van der Waals surface area contributed by atoms with Crippen molar-refractivity contribution in [3.8, 4) is 0 Å². The molecule has 1 aromatic carbocycles. The van der Waals surface area contributed by atoms with Crippen molar-refractivity contribution in [2.45, 2.75) is 26.2 Å². The maximum Gasteiger partial charge on any atom is 0.244 e. The van der Waals surface area contributed by atoms with Gasteiger partial charge in [-0.15, -0.1) is 0 Å². The van der Waals surface area contributed by atoms with Crippen LogP contribution in [0.3, 0.4) is 0 Å². The lowest BCUT2D eigenvalue weighted by Crippen LogP contribution is -2.43. The lowest BCUT2D eigenvalue weighted by Gasteiger charge is -2.28. The number of amides is 2. The van der Waals surface area contributed by atoms with Gasteiger partial charge in [-0.25, -0.2) is 0 Å². The molecule has 0 radical (unpaired) electrons. The summed E-state index contributed by atoms with van der Waals surface area (Å²) in [4.78, 5) is 26.6. The van der Waals surface area contributed by atoms with Crippen molar-refractivity contribution in [2.75, 3.05) is 31.6 Å². The Kier molecular flexibility index (Phi) is 7.34. The minimum atomic E-state index is -0.270. The quantitative estimate of drug-likeness (QED) is 0.829. The molecule has 1 fully saturated rings. The van der Waals surface area contributed by atoms with Crippen molar-refractivity contribution >= 4 is 40.7 Å². The number of hydrogen-bond acceptors (Lipinski definition) is 3. The molecule has 0 aromatic heterocycles. The number of hydrogen-bond donors (Lipinski definition) is 1. The third-order valence-electron chi connectivity index (χ3n) is 3.92. The van der Waals surface area contributed by atoms with Crippen molar-refractivity contribution in [1.82, 2.24) is 4.90 Å². The van der Waals surface area contributed by atoms with Crippen molar-refractivity contribution in [3.63, 3.8) is 0 Å². The zero-order valence-corrected chi connectivity index (χ0v) is 15.2. The van der Waals surface area contributed by atoms with Crippen LogP contribution in [-0.2, 0) is 14.3 Å². The molecule has 0 bridgehead atoms. The van der Waals surface area contributed by atoms with Crippen molar-refractivity contribution in [1.29, 1.82) is 0 Å². The van der Waals surface area contributed by atoms with Gasteiger partial charge in [0.15, 0.2) is 0 Å². The Hall–Kier alpha value is -1.30. The van der Waals surface area contributed by atoms with Crippen molar-refractivity contribution < 1.29 is 14.3 Å². The Labute approximate surface area is 152 Å². The van der Waals surface area contributed by atoms with Gasteiger partial charge in [0.2, 0.25) is 11.8 Å². The number of carbonyl (C=O) groups excluding carboxylic acids is 2. The van der Waals surface area contributed by atoms with E-state index in [0.29, 0.717) is 48.3 Å². The second-order valence-corrected chi connectivity index (χ2v) is 6.66. The van der Waals surface area contributed by atoms with Crippen LogP contribution in [0.25, 0.3) is 0 Å². The molecule has 2 rings (SSSR count). The molecule has 1 N–H and O–H groups in total. The van der Waals surface area contributed by atoms with Crippen LogP contribution >= 0.6 is 23.2 Å². The highest BCUT2D eigenvalue weighted by Gasteiger charge is 2.27. The maximum atomic E-state index is 12.6. The zero-order chi connectivity index (χ0) is 17.5. The van der Waals surface area contributed by atoms with Crippen LogP contribution in [0.5, 0.6) is 0 Å². The number of ether oxygens (including phenoxy) is 1. The summed E-state index contributed by atoms with van der Waals surface area (Å²) in [5.74, 6) is -0.303. The number of rotatable bonds is 6. The van der Waals surface area contributed by atoms with E-state index >= 15 is 0 Å². The van der Waals surface area contributed by atoms with Gasteiger partial charge in [0.25, 0.3) is 0 Å². The molecule has 1 aliphatic rings. The van der Waals surface area contributed by atoms with Crippen molar-refractivity contribution in [2.24, 2.45) is 5.92 Å². The molecule has 132 valence electrons. The molecular formula is C17H22Cl2N2O3. The summed E-state index contributed by atoms with van der Waals surface area (Å²) in [6, 6.07) is 4.86. The van der Waals surface area contributed by atoms with Gasteiger partial charge in [-0.1, -0.05) is 30.1 Å². The largest absolute Gasteiger partial charge is 0.381 e. The molecule has 5 nitrogen and oxygen atoms in total. The topological polar surface area (TPSA) is 58.6 Å². The van der Waals surface area contributed by atoms with Crippen LogP contribution in [0.4, 0.5) is 5.69 Å². The average molecular weight is 373 g/mol. The van der Waals surface area contributed by atoms with Gasteiger partial charge in [-0.2, -0.15) is 0 Å². The molecule has 0 unspecified atom stereocenters. The van der Waals surface area contributed by atoms with E-state index in [2.05, 4.69) is 5.32 Å². The van der Waals surface area contributed by atoms with Gasteiger partial charge in [0.05, 0.1) is 17.3 Å². The van der Waals surface area contributed by atoms with Crippen LogP contribution in [-0.4, -0.2) is 43.0 Å². The molecule has 1 heterocycles. The molecule has 0 spiro atoms. The Morgan fingerprint density at radius 3 is 2.62 bits per heavy atom. The van der Waals surface area contributed by atoms with Crippen molar-refractivity contribution in [3.05, 3.63) is 28.2 Å². The summed E-state index contributed by atoms with van der Waals surface area (Å²) < 4.78 is 5.30. The second-order valence-electron chi connectivity index (χ2n) is 5.82. The Bertz CT molecular complexity index is 589. The maximum absolute atomic E-state index is 12.6. The third kappa shape index (κ3) is 5.36. The highest BCUT2D eigenvalue weighted by atomic mass is 35.5. The summed E-state index contributed by atoms with van der Waals surface area (Å²) in [6.45, 7) is 3.76. The van der Waals surface area contributed by atoms with Gasteiger partial charge in [0.1, 0.15) is 0 Å². The first-order valence-electron chi connectivity index (χ1n) is 8.12. The molecule has 1 aliphatic heterocycles. The summed E-state index contributed by atoms with van der Waals surface area (Å²) in [5.41, 5.74) is 0.487. The van der Waals surface area contributed by atoms with E-state index in [1.165, 1.54) is 0 Å². The van der Waals surface area contributed by atoms with E-state index in [1.807, 2.05) is 6.92 Å². The van der Waals surface area contributed by atoms with E-state index < -0.39 is 0 Å². The monoisotopic (exact) mass is 372 g/mol. The minimum absolute atomic E-state index is 0.0169. The van der Waals surface area contributed by atoms with Gasteiger partial charge in [-0.05, 0) is 37.5 Å². The van der Waals surface area contributed by atoms with E-state index in [9.17, 15) is 9.59 Å². The summed E-state index contributed by atoms with van der Waals surface area (Å²) in [7, 11) is 0. The summed E-state index contributed by atoms with van der Waals surface area (Å²) >= 11 is 11.9.